The Kier molecular flexibility index (Phi) is 3.47. The Hall–Kier alpha value is -2.20. The molecular formula is C16H15ClN2O2. The molecule has 0 fully saturated rings. The number of ether oxygens (including phenoxy) is 1. The van der Waals surface area contributed by atoms with Crippen molar-refractivity contribution in [2.75, 3.05) is 10.6 Å². The molecule has 21 heavy (non-hydrogen) atoms. The van der Waals surface area contributed by atoms with E-state index >= 15 is 0 Å². The standard InChI is InChI=1S/C16H15ClN2O2/c1-10-16(20)19(9-11-3-2-4-12(17)7-11)14-6-5-13(18)8-15(14)21-10/h2-8,10H,9,18H2,1H3. The molecule has 1 amide bonds. The molecule has 0 bridgehead atoms. The summed E-state index contributed by atoms with van der Waals surface area (Å²) < 4.78 is 5.62. The third-order valence-corrected chi connectivity index (χ3v) is 3.66. The Morgan fingerprint density at radius 1 is 1.29 bits per heavy atom. The summed E-state index contributed by atoms with van der Waals surface area (Å²) in [5, 5.41) is 0.652. The molecule has 1 unspecified atom stereocenters. The van der Waals surface area contributed by atoms with Gasteiger partial charge in [0.05, 0.1) is 12.2 Å². The zero-order valence-corrected chi connectivity index (χ0v) is 12.3. The average Bonchev–Trinajstić information content (AvgIpc) is 2.44. The highest BCUT2D eigenvalue weighted by Crippen LogP contribution is 2.36. The third-order valence-electron chi connectivity index (χ3n) is 3.42. The number of nitrogens with zero attached hydrogens (tertiary/aromatic N) is 1. The molecule has 3 rings (SSSR count). The van der Waals surface area contributed by atoms with E-state index in [4.69, 9.17) is 22.1 Å². The second-order valence-electron chi connectivity index (χ2n) is 5.04. The van der Waals surface area contributed by atoms with Crippen molar-refractivity contribution in [3.63, 3.8) is 0 Å². The molecule has 0 aliphatic carbocycles. The Balaban J connectivity index is 1.99. The van der Waals surface area contributed by atoms with E-state index in [1.165, 1.54) is 0 Å². The highest BCUT2D eigenvalue weighted by atomic mass is 35.5. The molecule has 108 valence electrons. The maximum absolute atomic E-state index is 12.4. The SMILES string of the molecule is CC1Oc2cc(N)ccc2N(Cc2cccc(Cl)c2)C1=O. The van der Waals surface area contributed by atoms with Crippen molar-refractivity contribution in [1.82, 2.24) is 0 Å². The van der Waals surface area contributed by atoms with Crippen LogP contribution in [0.3, 0.4) is 0 Å². The number of carbonyl (C=O) groups is 1. The van der Waals surface area contributed by atoms with Crippen LogP contribution in [0, 0.1) is 0 Å². The molecule has 0 aromatic heterocycles. The predicted octanol–water partition coefficient (Wildman–Crippen LogP) is 3.24. The quantitative estimate of drug-likeness (QED) is 0.867. The molecule has 0 radical (unpaired) electrons. The number of hydrogen-bond acceptors (Lipinski definition) is 3. The number of benzene rings is 2. The minimum absolute atomic E-state index is 0.0766. The van der Waals surface area contributed by atoms with Crippen molar-refractivity contribution in [2.24, 2.45) is 0 Å². The predicted molar refractivity (Wildman–Crippen MR) is 83.6 cm³/mol. The third kappa shape index (κ3) is 2.67. The van der Waals surface area contributed by atoms with Gasteiger partial charge in [-0.2, -0.15) is 0 Å². The second-order valence-corrected chi connectivity index (χ2v) is 5.48. The number of rotatable bonds is 2. The van der Waals surface area contributed by atoms with E-state index in [0.29, 0.717) is 23.0 Å². The summed E-state index contributed by atoms with van der Waals surface area (Å²) in [6.07, 6.45) is -0.529. The van der Waals surface area contributed by atoms with E-state index in [-0.39, 0.29) is 5.91 Å². The zero-order chi connectivity index (χ0) is 15.0. The maximum atomic E-state index is 12.4. The Morgan fingerprint density at radius 2 is 2.10 bits per heavy atom. The maximum Gasteiger partial charge on any atom is 0.268 e. The van der Waals surface area contributed by atoms with Crippen molar-refractivity contribution < 1.29 is 9.53 Å². The molecule has 2 aromatic carbocycles. The van der Waals surface area contributed by atoms with Crippen LogP contribution in [0.25, 0.3) is 0 Å². The molecule has 1 aliphatic rings. The van der Waals surface area contributed by atoms with Crippen molar-refractivity contribution in [3.8, 4) is 5.75 Å². The fourth-order valence-corrected chi connectivity index (χ4v) is 2.62. The summed E-state index contributed by atoms with van der Waals surface area (Å²) in [5.74, 6) is 0.552. The summed E-state index contributed by atoms with van der Waals surface area (Å²) in [7, 11) is 0. The van der Waals surface area contributed by atoms with Gasteiger partial charge < -0.3 is 15.4 Å². The molecule has 0 saturated heterocycles. The lowest BCUT2D eigenvalue weighted by Gasteiger charge is -2.33. The van der Waals surface area contributed by atoms with Crippen molar-refractivity contribution in [3.05, 3.63) is 53.1 Å². The molecule has 2 aromatic rings. The number of fused-ring (bicyclic) bond motifs is 1. The summed E-state index contributed by atoms with van der Waals surface area (Å²) in [6.45, 7) is 2.18. The molecule has 0 spiro atoms. The van der Waals surface area contributed by atoms with E-state index in [2.05, 4.69) is 0 Å². The molecule has 4 nitrogen and oxygen atoms in total. The summed E-state index contributed by atoms with van der Waals surface area (Å²) in [4.78, 5) is 14.1. The van der Waals surface area contributed by atoms with Gasteiger partial charge in [0, 0.05) is 16.8 Å². The van der Waals surface area contributed by atoms with Crippen molar-refractivity contribution in [1.29, 1.82) is 0 Å². The summed E-state index contributed by atoms with van der Waals surface area (Å²) >= 11 is 6.00. The minimum Gasteiger partial charge on any atom is -0.479 e. The van der Waals surface area contributed by atoms with Crippen LogP contribution in [0.1, 0.15) is 12.5 Å². The van der Waals surface area contributed by atoms with Gasteiger partial charge in [-0.3, -0.25) is 4.79 Å². The first kappa shape index (κ1) is 13.8. The van der Waals surface area contributed by atoms with Gasteiger partial charge in [-0.25, -0.2) is 0 Å². The first-order chi connectivity index (χ1) is 10.0. The van der Waals surface area contributed by atoms with Gasteiger partial charge in [0.2, 0.25) is 0 Å². The van der Waals surface area contributed by atoms with Crippen molar-refractivity contribution in [2.45, 2.75) is 19.6 Å². The van der Waals surface area contributed by atoms with Crippen LogP contribution < -0.4 is 15.4 Å². The van der Waals surface area contributed by atoms with Gasteiger partial charge in [0.25, 0.3) is 5.91 Å². The van der Waals surface area contributed by atoms with E-state index < -0.39 is 6.10 Å². The summed E-state index contributed by atoms with van der Waals surface area (Å²) in [5.41, 5.74) is 8.08. The van der Waals surface area contributed by atoms with Gasteiger partial charge in [-0.1, -0.05) is 23.7 Å². The Bertz CT molecular complexity index is 702. The molecule has 1 heterocycles. The van der Waals surface area contributed by atoms with Gasteiger partial charge in [-0.05, 0) is 36.8 Å². The van der Waals surface area contributed by atoms with E-state index in [1.807, 2.05) is 24.3 Å². The first-order valence-corrected chi connectivity index (χ1v) is 7.04. The lowest BCUT2D eigenvalue weighted by Crippen LogP contribution is -2.44. The molecule has 5 heteroatoms. The number of nitrogens with two attached hydrogens (primary N) is 1. The number of halogens is 1. The molecule has 0 saturated carbocycles. The highest BCUT2D eigenvalue weighted by Gasteiger charge is 2.31. The lowest BCUT2D eigenvalue weighted by molar-refractivity contribution is -0.125. The molecule has 1 atom stereocenters. The van der Waals surface area contributed by atoms with Gasteiger partial charge in [0.1, 0.15) is 5.75 Å². The van der Waals surface area contributed by atoms with Crippen LogP contribution in [0.15, 0.2) is 42.5 Å². The molecule has 1 aliphatic heterocycles. The van der Waals surface area contributed by atoms with Crippen LogP contribution in [0.4, 0.5) is 11.4 Å². The number of amides is 1. The average molecular weight is 303 g/mol. The fourth-order valence-electron chi connectivity index (χ4n) is 2.41. The van der Waals surface area contributed by atoms with Crippen LogP contribution in [0.5, 0.6) is 5.75 Å². The number of hydrogen-bond donors (Lipinski definition) is 1. The first-order valence-electron chi connectivity index (χ1n) is 6.66. The summed E-state index contributed by atoms with van der Waals surface area (Å²) in [6, 6.07) is 12.8. The van der Waals surface area contributed by atoms with E-state index in [9.17, 15) is 4.79 Å². The van der Waals surface area contributed by atoms with E-state index in [0.717, 1.165) is 11.3 Å². The van der Waals surface area contributed by atoms with Gasteiger partial charge in [-0.15, -0.1) is 0 Å². The monoisotopic (exact) mass is 302 g/mol. The zero-order valence-electron chi connectivity index (χ0n) is 11.5. The van der Waals surface area contributed by atoms with E-state index in [1.54, 1.807) is 30.0 Å². The molecular weight excluding hydrogens is 288 g/mol. The van der Waals surface area contributed by atoms with Crippen molar-refractivity contribution >= 4 is 28.9 Å². The topological polar surface area (TPSA) is 55.6 Å². The van der Waals surface area contributed by atoms with Crippen LogP contribution in [0.2, 0.25) is 5.02 Å². The highest BCUT2D eigenvalue weighted by molar-refractivity contribution is 6.30. The number of nitrogen functional groups attached to an aromatic ring is 1. The number of carbonyl (C=O) groups excluding carboxylic acids is 1. The smallest absolute Gasteiger partial charge is 0.268 e. The van der Waals surface area contributed by atoms with Crippen LogP contribution in [-0.2, 0) is 11.3 Å². The molecule has 2 N–H and O–H groups in total. The Labute approximate surface area is 128 Å². The lowest BCUT2D eigenvalue weighted by atomic mass is 10.1. The normalized spacial score (nSPS) is 17.3. The fraction of sp³-hybridized carbons (Fsp3) is 0.188. The number of anilines is 2. The van der Waals surface area contributed by atoms with Crippen LogP contribution in [-0.4, -0.2) is 12.0 Å². The largest absolute Gasteiger partial charge is 0.479 e. The van der Waals surface area contributed by atoms with Gasteiger partial charge >= 0.3 is 0 Å². The van der Waals surface area contributed by atoms with Crippen LogP contribution >= 0.6 is 11.6 Å². The minimum atomic E-state index is -0.529. The second kappa shape index (κ2) is 5.30. The Morgan fingerprint density at radius 3 is 2.86 bits per heavy atom. The van der Waals surface area contributed by atoms with Gasteiger partial charge in [0.15, 0.2) is 6.10 Å².